The molecule has 0 spiro atoms. The van der Waals surface area contributed by atoms with Gasteiger partial charge in [0.05, 0.1) is 0 Å². The van der Waals surface area contributed by atoms with Crippen molar-refractivity contribution in [2.24, 2.45) is 0 Å². The van der Waals surface area contributed by atoms with Gasteiger partial charge in [-0.1, -0.05) is 76.1 Å². The number of hydrogen-bond donors (Lipinski definition) is 2. The van der Waals surface area contributed by atoms with Gasteiger partial charge in [-0.05, 0) is 65.5 Å². The Hall–Kier alpha value is -2.57. The van der Waals surface area contributed by atoms with Gasteiger partial charge in [0.15, 0.2) is 0 Å². The molecule has 2 unspecified atom stereocenters. The number of unbranched alkanes of at least 4 members (excludes halogenated alkanes) is 6. The average molecular weight is 518 g/mol. The molecule has 2 atom stereocenters. The van der Waals surface area contributed by atoms with Crippen LogP contribution in [0.1, 0.15) is 116 Å². The lowest BCUT2D eigenvalue weighted by Gasteiger charge is -2.34. The number of benzene rings is 1. The SMILES string of the molecule is CCCCCCCCN(C(=O)C(C)NC(=O)OC(C)(C)C)C(C(=O)NCCCC)c1ccc(C)cc1C. The molecule has 1 aromatic rings. The van der Waals surface area contributed by atoms with Gasteiger partial charge in [-0.3, -0.25) is 9.59 Å². The van der Waals surface area contributed by atoms with Gasteiger partial charge in [-0.2, -0.15) is 0 Å². The summed E-state index contributed by atoms with van der Waals surface area (Å²) in [5.41, 5.74) is 2.19. The summed E-state index contributed by atoms with van der Waals surface area (Å²) in [6.45, 7) is 16.2. The summed E-state index contributed by atoms with van der Waals surface area (Å²) in [5.74, 6) is -0.487. The summed E-state index contributed by atoms with van der Waals surface area (Å²) < 4.78 is 5.36. The molecule has 0 saturated carbocycles. The molecule has 37 heavy (non-hydrogen) atoms. The number of nitrogens with zero attached hydrogens (tertiary/aromatic N) is 1. The van der Waals surface area contributed by atoms with Crippen LogP contribution >= 0.6 is 0 Å². The summed E-state index contributed by atoms with van der Waals surface area (Å²) in [5, 5.41) is 5.72. The molecule has 0 aliphatic carbocycles. The zero-order valence-corrected chi connectivity index (χ0v) is 24.5. The van der Waals surface area contributed by atoms with E-state index in [2.05, 4.69) is 24.5 Å². The number of hydrogen-bond acceptors (Lipinski definition) is 4. The number of alkyl carbamates (subject to hydrolysis) is 1. The minimum Gasteiger partial charge on any atom is -0.444 e. The van der Waals surface area contributed by atoms with Crippen LogP contribution in [0, 0.1) is 13.8 Å². The van der Waals surface area contributed by atoms with Crippen molar-refractivity contribution in [2.75, 3.05) is 13.1 Å². The predicted octanol–water partition coefficient (Wildman–Crippen LogP) is 6.36. The van der Waals surface area contributed by atoms with E-state index < -0.39 is 23.8 Å². The Morgan fingerprint density at radius 3 is 2.16 bits per heavy atom. The van der Waals surface area contributed by atoms with Crippen molar-refractivity contribution in [3.63, 3.8) is 0 Å². The Morgan fingerprint density at radius 1 is 0.946 bits per heavy atom. The average Bonchev–Trinajstić information content (AvgIpc) is 2.79. The van der Waals surface area contributed by atoms with Crippen LogP contribution in [0.25, 0.3) is 0 Å². The van der Waals surface area contributed by atoms with Crippen LogP contribution < -0.4 is 10.6 Å². The highest BCUT2D eigenvalue weighted by atomic mass is 16.6. The second-order valence-corrected chi connectivity index (χ2v) is 11.1. The van der Waals surface area contributed by atoms with Crippen molar-refractivity contribution >= 4 is 17.9 Å². The van der Waals surface area contributed by atoms with Gasteiger partial charge in [0, 0.05) is 13.1 Å². The third kappa shape index (κ3) is 12.0. The zero-order valence-electron chi connectivity index (χ0n) is 24.5. The number of amides is 3. The molecular weight excluding hydrogens is 466 g/mol. The fourth-order valence-electron chi connectivity index (χ4n) is 4.29. The van der Waals surface area contributed by atoms with Crippen molar-refractivity contribution < 1.29 is 19.1 Å². The third-order valence-corrected chi connectivity index (χ3v) is 6.25. The van der Waals surface area contributed by atoms with Crippen molar-refractivity contribution in [1.29, 1.82) is 0 Å². The van der Waals surface area contributed by atoms with Crippen LogP contribution in [-0.2, 0) is 14.3 Å². The molecule has 7 nitrogen and oxygen atoms in total. The summed E-state index contributed by atoms with van der Waals surface area (Å²) >= 11 is 0. The molecule has 0 heterocycles. The fourth-order valence-corrected chi connectivity index (χ4v) is 4.29. The van der Waals surface area contributed by atoms with E-state index in [1.165, 1.54) is 19.3 Å². The van der Waals surface area contributed by atoms with Crippen LogP contribution in [0.4, 0.5) is 4.79 Å². The summed E-state index contributed by atoms with van der Waals surface area (Å²) in [6.07, 6.45) is 7.59. The number of carbonyl (C=O) groups excluding carboxylic acids is 3. The number of rotatable bonds is 15. The van der Waals surface area contributed by atoms with E-state index in [4.69, 9.17) is 4.74 Å². The fraction of sp³-hybridized carbons (Fsp3) is 0.700. The molecule has 0 fully saturated rings. The van der Waals surface area contributed by atoms with E-state index in [9.17, 15) is 14.4 Å². The van der Waals surface area contributed by atoms with E-state index in [0.29, 0.717) is 13.1 Å². The molecule has 1 rings (SSSR count). The lowest BCUT2D eigenvalue weighted by molar-refractivity contribution is -0.142. The first-order valence-corrected chi connectivity index (χ1v) is 14.1. The maximum atomic E-state index is 13.8. The van der Waals surface area contributed by atoms with Gasteiger partial charge in [-0.15, -0.1) is 0 Å². The van der Waals surface area contributed by atoms with E-state index in [-0.39, 0.29) is 11.8 Å². The van der Waals surface area contributed by atoms with Gasteiger partial charge in [-0.25, -0.2) is 4.79 Å². The molecule has 0 bridgehead atoms. The van der Waals surface area contributed by atoms with E-state index in [1.54, 1.807) is 32.6 Å². The van der Waals surface area contributed by atoms with Crippen LogP contribution in [-0.4, -0.2) is 47.5 Å². The molecule has 2 N–H and O–H groups in total. The third-order valence-electron chi connectivity index (χ3n) is 6.25. The number of ether oxygens (including phenoxy) is 1. The highest BCUT2D eigenvalue weighted by Crippen LogP contribution is 2.27. The van der Waals surface area contributed by atoms with Gasteiger partial charge in [0.1, 0.15) is 17.7 Å². The molecule has 3 amide bonds. The molecule has 0 saturated heterocycles. The molecule has 7 heteroatoms. The van der Waals surface area contributed by atoms with Gasteiger partial charge >= 0.3 is 6.09 Å². The second kappa shape index (κ2) is 16.3. The van der Waals surface area contributed by atoms with Crippen molar-refractivity contribution in [3.8, 4) is 0 Å². The zero-order chi connectivity index (χ0) is 28.0. The highest BCUT2D eigenvalue weighted by Gasteiger charge is 2.35. The molecular formula is C30H51N3O4. The van der Waals surface area contributed by atoms with Crippen molar-refractivity contribution in [2.45, 2.75) is 124 Å². The quantitative estimate of drug-likeness (QED) is 0.265. The first kappa shape index (κ1) is 32.5. The Bertz CT molecular complexity index is 863. The molecule has 0 aliphatic rings. The number of nitrogens with one attached hydrogen (secondary N) is 2. The number of aryl methyl sites for hydroxylation is 2. The van der Waals surface area contributed by atoms with Crippen LogP contribution in [0.5, 0.6) is 0 Å². The summed E-state index contributed by atoms with van der Waals surface area (Å²) in [4.78, 5) is 41.5. The van der Waals surface area contributed by atoms with E-state index >= 15 is 0 Å². The molecule has 1 aromatic carbocycles. The van der Waals surface area contributed by atoms with E-state index in [1.807, 2.05) is 32.0 Å². The van der Waals surface area contributed by atoms with Crippen LogP contribution in [0.3, 0.4) is 0 Å². The normalized spacial score (nSPS) is 13.0. The maximum Gasteiger partial charge on any atom is 0.408 e. The minimum absolute atomic E-state index is 0.191. The number of carbonyl (C=O) groups is 3. The first-order valence-electron chi connectivity index (χ1n) is 14.1. The van der Waals surface area contributed by atoms with Crippen molar-refractivity contribution in [1.82, 2.24) is 15.5 Å². The monoisotopic (exact) mass is 517 g/mol. The largest absolute Gasteiger partial charge is 0.444 e. The molecule has 0 aromatic heterocycles. The van der Waals surface area contributed by atoms with Crippen LogP contribution in [0.15, 0.2) is 18.2 Å². The van der Waals surface area contributed by atoms with Gasteiger partial charge < -0.3 is 20.3 Å². The van der Waals surface area contributed by atoms with Gasteiger partial charge in [0.2, 0.25) is 11.8 Å². The van der Waals surface area contributed by atoms with E-state index in [0.717, 1.165) is 48.8 Å². The van der Waals surface area contributed by atoms with Crippen molar-refractivity contribution in [3.05, 3.63) is 34.9 Å². The predicted molar refractivity (Wildman–Crippen MR) is 150 cm³/mol. The molecule has 210 valence electrons. The lowest BCUT2D eigenvalue weighted by atomic mass is 9.96. The topological polar surface area (TPSA) is 87.7 Å². The lowest BCUT2D eigenvalue weighted by Crippen LogP contribution is -2.52. The Labute approximate surface area is 225 Å². The Morgan fingerprint density at radius 2 is 1.57 bits per heavy atom. The minimum atomic E-state index is -0.841. The Balaban J connectivity index is 3.28. The molecule has 0 radical (unpaired) electrons. The summed E-state index contributed by atoms with van der Waals surface area (Å²) in [7, 11) is 0. The first-order chi connectivity index (χ1) is 17.4. The maximum absolute atomic E-state index is 13.8. The van der Waals surface area contributed by atoms with Crippen LogP contribution in [0.2, 0.25) is 0 Å². The molecule has 0 aliphatic heterocycles. The highest BCUT2D eigenvalue weighted by molar-refractivity contribution is 5.92. The Kier molecular flexibility index (Phi) is 14.3. The standard InChI is InChI=1S/C30H51N3O4/c1-9-11-13-14-15-16-20-33(28(35)24(5)32-29(36)37-30(6,7)8)26(27(34)31-19-12-10-2)25-18-17-22(3)21-23(25)4/h17-18,21,24,26H,9-16,19-20H2,1-8H3,(H,31,34)(H,32,36). The summed E-state index contributed by atoms with van der Waals surface area (Å²) in [6, 6.07) is 4.35. The van der Waals surface area contributed by atoms with Gasteiger partial charge in [0.25, 0.3) is 0 Å². The second-order valence-electron chi connectivity index (χ2n) is 11.1. The smallest absolute Gasteiger partial charge is 0.408 e.